The fourth-order valence-corrected chi connectivity index (χ4v) is 2.95. The van der Waals surface area contributed by atoms with Crippen LogP contribution in [0.2, 0.25) is 0 Å². The van der Waals surface area contributed by atoms with Crippen molar-refractivity contribution in [1.82, 2.24) is 14.9 Å². The maximum absolute atomic E-state index is 5.37. The highest BCUT2D eigenvalue weighted by atomic mass is 16.5. The van der Waals surface area contributed by atoms with Crippen molar-refractivity contribution < 1.29 is 9.47 Å². The third-order valence-electron chi connectivity index (χ3n) is 4.33. The van der Waals surface area contributed by atoms with E-state index < -0.39 is 0 Å². The lowest BCUT2D eigenvalue weighted by atomic mass is 10.1. The molecule has 0 saturated carbocycles. The van der Waals surface area contributed by atoms with E-state index in [0.717, 1.165) is 24.3 Å². The minimum atomic E-state index is 0.570. The number of rotatable bonds is 8. The summed E-state index contributed by atoms with van der Waals surface area (Å²) in [6.45, 7) is 4.17. The summed E-state index contributed by atoms with van der Waals surface area (Å²) in [7, 11) is 3.25. The highest BCUT2D eigenvalue weighted by Crippen LogP contribution is 2.29. The Morgan fingerprint density at radius 2 is 1.90 bits per heavy atom. The van der Waals surface area contributed by atoms with Crippen molar-refractivity contribution in [2.75, 3.05) is 26.1 Å². The molecule has 0 spiro atoms. The van der Waals surface area contributed by atoms with E-state index in [-0.39, 0.29) is 0 Å². The Hall–Kier alpha value is -3.48. The van der Waals surface area contributed by atoms with Gasteiger partial charge in [0.15, 0.2) is 17.5 Å². The number of hydrogen-bond acceptors (Lipinski definition) is 4. The zero-order chi connectivity index (χ0) is 20.5. The number of nitrogens with one attached hydrogen (secondary N) is 2. The first-order valence-electron chi connectivity index (χ1n) is 9.52. The smallest absolute Gasteiger partial charge is 0.196 e. The van der Waals surface area contributed by atoms with Crippen LogP contribution in [0.25, 0.3) is 0 Å². The Labute approximate surface area is 171 Å². The van der Waals surface area contributed by atoms with Gasteiger partial charge in [-0.2, -0.15) is 0 Å². The van der Waals surface area contributed by atoms with Crippen molar-refractivity contribution in [3.8, 4) is 11.5 Å². The molecule has 2 N–H and O–H groups in total. The molecule has 0 fully saturated rings. The Morgan fingerprint density at radius 3 is 2.62 bits per heavy atom. The van der Waals surface area contributed by atoms with Gasteiger partial charge in [-0.1, -0.05) is 24.3 Å². The summed E-state index contributed by atoms with van der Waals surface area (Å²) in [4.78, 5) is 8.81. The second-order valence-corrected chi connectivity index (χ2v) is 6.44. The van der Waals surface area contributed by atoms with Crippen LogP contribution in [0.3, 0.4) is 0 Å². The second-order valence-electron chi connectivity index (χ2n) is 6.44. The Morgan fingerprint density at radius 1 is 1.07 bits per heavy atom. The maximum atomic E-state index is 5.37. The lowest BCUT2D eigenvalue weighted by Crippen LogP contribution is -2.30. The monoisotopic (exact) mass is 393 g/mol. The molecule has 0 bridgehead atoms. The Bertz CT molecular complexity index is 938. The topological polar surface area (TPSA) is 72.7 Å². The molecule has 1 aromatic heterocycles. The van der Waals surface area contributed by atoms with Crippen molar-refractivity contribution >= 4 is 11.6 Å². The van der Waals surface area contributed by atoms with Crippen molar-refractivity contribution in [2.45, 2.75) is 20.0 Å². The quantitative estimate of drug-likeness (QED) is 0.452. The first-order chi connectivity index (χ1) is 14.2. The number of hydrogen-bond donors (Lipinski definition) is 2. The van der Waals surface area contributed by atoms with Gasteiger partial charge in [0.25, 0.3) is 0 Å². The molecule has 1 heterocycles. The van der Waals surface area contributed by atoms with Crippen LogP contribution in [0.15, 0.2) is 66.2 Å². The van der Waals surface area contributed by atoms with E-state index in [1.807, 2.05) is 42.2 Å². The number of guanidine groups is 1. The minimum absolute atomic E-state index is 0.570. The lowest BCUT2D eigenvalue weighted by Gasteiger charge is -2.14. The summed E-state index contributed by atoms with van der Waals surface area (Å²) in [5, 5.41) is 6.59. The molecule has 7 heteroatoms. The van der Waals surface area contributed by atoms with Gasteiger partial charge in [-0.25, -0.2) is 9.98 Å². The standard InChI is InChI=1S/C22H27N5O2/c1-4-24-22(26-19-8-9-20(28-2)21(13-19)29-3)25-14-17-6-5-7-18(12-17)15-27-11-10-23-16-27/h5-13,16H,4,14-15H2,1-3H3,(H2,24,25,26). The van der Waals surface area contributed by atoms with Crippen LogP contribution in [0, 0.1) is 0 Å². The molecular formula is C22H27N5O2. The fourth-order valence-electron chi connectivity index (χ4n) is 2.95. The van der Waals surface area contributed by atoms with E-state index >= 15 is 0 Å². The number of imidazole rings is 1. The van der Waals surface area contributed by atoms with Crippen LogP contribution < -0.4 is 20.1 Å². The van der Waals surface area contributed by atoms with Gasteiger partial charge < -0.3 is 24.7 Å². The molecule has 0 saturated heterocycles. The van der Waals surface area contributed by atoms with E-state index in [1.165, 1.54) is 5.56 Å². The first kappa shape index (κ1) is 20.3. The second kappa shape index (κ2) is 10.2. The molecule has 0 amide bonds. The summed E-state index contributed by atoms with van der Waals surface area (Å²) in [5.41, 5.74) is 3.23. The number of nitrogens with zero attached hydrogens (tertiary/aromatic N) is 3. The van der Waals surface area contributed by atoms with Crippen molar-refractivity contribution in [3.05, 3.63) is 72.3 Å². The summed E-state index contributed by atoms with van der Waals surface area (Å²) < 4.78 is 12.7. The van der Waals surface area contributed by atoms with E-state index in [9.17, 15) is 0 Å². The van der Waals surface area contributed by atoms with Crippen LogP contribution in [-0.4, -0.2) is 36.3 Å². The zero-order valence-corrected chi connectivity index (χ0v) is 17.1. The number of aromatic nitrogens is 2. The molecular weight excluding hydrogens is 366 g/mol. The molecule has 0 radical (unpaired) electrons. The van der Waals surface area contributed by atoms with Crippen LogP contribution in [-0.2, 0) is 13.1 Å². The van der Waals surface area contributed by atoms with Crippen molar-refractivity contribution in [3.63, 3.8) is 0 Å². The van der Waals surface area contributed by atoms with Crippen molar-refractivity contribution in [1.29, 1.82) is 0 Å². The highest BCUT2D eigenvalue weighted by Gasteiger charge is 2.06. The molecule has 0 atom stereocenters. The average molecular weight is 393 g/mol. The van der Waals surface area contributed by atoms with Gasteiger partial charge in [0, 0.05) is 37.2 Å². The predicted octanol–water partition coefficient (Wildman–Crippen LogP) is 3.53. The van der Waals surface area contributed by atoms with Gasteiger partial charge in [-0.3, -0.25) is 0 Å². The molecule has 152 valence electrons. The maximum Gasteiger partial charge on any atom is 0.196 e. The molecule has 3 rings (SSSR count). The van der Waals surface area contributed by atoms with Crippen LogP contribution in [0.1, 0.15) is 18.1 Å². The van der Waals surface area contributed by atoms with Crippen LogP contribution in [0.4, 0.5) is 5.69 Å². The average Bonchev–Trinajstić information content (AvgIpc) is 3.25. The SMILES string of the molecule is CCNC(=NCc1cccc(Cn2ccnc2)c1)Nc1ccc(OC)c(OC)c1. The summed E-state index contributed by atoms with van der Waals surface area (Å²) in [5.74, 6) is 2.06. The fraction of sp³-hybridized carbons (Fsp3) is 0.273. The van der Waals surface area contributed by atoms with Crippen LogP contribution in [0.5, 0.6) is 11.5 Å². The number of benzene rings is 2. The molecule has 2 aromatic carbocycles. The number of anilines is 1. The minimum Gasteiger partial charge on any atom is -0.493 e. The Balaban J connectivity index is 1.71. The summed E-state index contributed by atoms with van der Waals surface area (Å²) >= 11 is 0. The van der Waals surface area contributed by atoms with E-state index in [2.05, 4.69) is 39.9 Å². The van der Waals surface area contributed by atoms with Gasteiger partial charge in [0.1, 0.15) is 0 Å². The van der Waals surface area contributed by atoms with E-state index in [1.54, 1.807) is 20.4 Å². The summed E-state index contributed by atoms with van der Waals surface area (Å²) in [6, 6.07) is 14.1. The predicted molar refractivity (Wildman–Crippen MR) is 116 cm³/mol. The molecule has 0 unspecified atom stereocenters. The molecule has 0 aliphatic rings. The normalized spacial score (nSPS) is 11.2. The van der Waals surface area contributed by atoms with Crippen molar-refractivity contribution in [2.24, 2.45) is 4.99 Å². The number of methoxy groups -OCH3 is 2. The first-order valence-corrected chi connectivity index (χ1v) is 9.52. The molecule has 29 heavy (non-hydrogen) atoms. The number of aliphatic imine (C=N–C) groups is 1. The summed E-state index contributed by atoms with van der Waals surface area (Å²) in [6.07, 6.45) is 5.57. The van der Waals surface area contributed by atoms with E-state index in [0.29, 0.717) is 24.0 Å². The van der Waals surface area contributed by atoms with Gasteiger partial charge in [-0.05, 0) is 30.2 Å². The largest absolute Gasteiger partial charge is 0.493 e. The Kier molecular flexibility index (Phi) is 7.10. The van der Waals surface area contributed by atoms with Gasteiger partial charge >= 0.3 is 0 Å². The number of ether oxygens (including phenoxy) is 2. The van der Waals surface area contributed by atoms with E-state index in [4.69, 9.17) is 14.5 Å². The molecule has 0 aliphatic heterocycles. The third kappa shape index (κ3) is 5.75. The van der Waals surface area contributed by atoms with Gasteiger partial charge in [-0.15, -0.1) is 0 Å². The van der Waals surface area contributed by atoms with Gasteiger partial charge in [0.2, 0.25) is 0 Å². The molecule has 0 aliphatic carbocycles. The third-order valence-corrected chi connectivity index (χ3v) is 4.33. The molecule has 7 nitrogen and oxygen atoms in total. The van der Waals surface area contributed by atoms with Crippen LogP contribution >= 0.6 is 0 Å². The zero-order valence-electron chi connectivity index (χ0n) is 17.1. The molecule has 3 aromatic rings. The highest BCUT2D eigenvalue weighted by molar-refractivity contribution is 5.93. The lowest BCUT2D eigenvalue weighted by molar-refractivity contribution is 0.355. The van der Waals surface area contributed by atoms with Gasteiger partial charge in [0.05, 0.1) is 27.1 Å².